The molecule has 1 spiro atoms. The van der Waals surface area contributed by atoms with E-state index in [0.29, 0.717) is 5.41 Å². The van der Waals surface area contributed by atoms with Gasteiger partial charge in [-0.3, -0.25) is 4.79 Å². The molecule has 1 aliphatic heterocycles. The molecule has 4 nitrogen and oxygen atoms in total. The first kappa shape index (κ1) is 19.7. The third kappa shape index (κ3) is 4.62. The van der Waals surface area contributed by atoms with Crippen LogP contribution in [0.4, 0.5) is 13.2 Å². The van der Waals surface area contributed by atoms with Crippen LogP contribution in [-0.2, 0) is 17.5 Å². The van der Waals surface area contributed by atoms with Crippen molar-refractivity contribution >= 4 is 5.91 Å². The van der Waals surface area contributed by atoms with Gasteiger partial charge in [-0.25, -0.2) is 0 Å². The van der Waals surface area contributed by atoms with Crippen molar-refractivity contribution < 1.29 is 18.0 Å². The van der Waals surface area contributed by atoms with Gasteiger partial charge >= 0.3 is 6.18 Å². The monoisotopic (exact) mass is 379 g/mol. The molecule has 0 unspecified atom stereocenters. The normalized spacial score (nSPS) is 20.2. The Bertz CT molecular complexity index is 723. The number of nitrogens with one attached hydrogen (secondary N) is 2. The van der Waals surface area contributed by atoms with E-state index in [-0.39, 0.29) is 29.5 Å². The minimum absolute atomic E-state index is 0.0134. The van der Waals surface area contributed by atoms with Gasteiger partial charge in [-0.2, -0.15) is 18.4 Å². The Labute approximate surface area is 157 Å². The third-order valence-corrected chi connectivity index (χ3v) is 6.08. The van der Waals surface area contributed by atoms with Crippen molar-refractivity contribution in [2.75, 3.05) is 13.1 Å². The van der Waals surface area contributed by atoms with Crippen LogP contribution in [0, 0.1) is 22.7 Å². The van der Waals surface area contributed by atoms with Crippen molar-refractivity contribution in [1.29, 1.82) is 5.26 Å². The number of carbonyl (C=O) groups is 1. The molecule has 2 N–H and O–H groups in total. The molecule has 1 aliphatic carbocycles. The van der Waals surface area contributed by atoms with Crippen molar-refractivity contribution in [2.45, 2.75) is 51.2 Å². The molecule has 0 radical (unpaired) electrons. The molecule has 27 heavy (non-hydrogen) atoms. The highest BCUT2D eigenvalue weighted by Gasteiger charge is 2.38. The molecule has 2 aliphatic rings. The predicted octanol–water partition coefficient (Wildman–Crippen LogP) is 3.75. The smallest absolute Gasteiger partial charge is 0.352 e. The number of nitriles is 1. The van der Waals surface area contributed by atoms with Gasteiger partial charge in [-0.05, 0) is 74.7 Å². The van der Waals surface area contributed by atoms with E-state index in [1.807, 2.05) is 0 Å². The first-order chi connectivity index (χ1) is 12.8. The molecular weight excluding hydrogens is 355 g/mol. The van der Waals surface area contributed by atoms with Gasteiger partial charge in [0, 0.05) is 12.5 Å². The molecule has 1 saturated carbocycles. The number of amides is 1. The Kier molecular flexibility index (Phi) is 5.75. The molecule has 7 heteroatoms. The van der Waals surface area contributed by atoms with E-state index in [1.165, 1.54) is 12.1 Å². The maximum atomic E-state index is 13.2. The first-order valence-electron chi connectivity index (χ1n) is 9.42. The summed E-state index contributed by atoms with van der Waals surface area (Å²) in [7, 11) is 0. The van der Waals surface area contributed by atoms with E-state index in [4.69, 9.17) is 5.26 Å². The molecule has 0 bridgehead atoms. The number of alkyl halides is 3. The van der Waals surface area contributed by atoms with Crippen LogP contribution in [0.2, 0.25) is 0 Å². The van der Waals surface area contributed by atoms with Crippen LogP contribution in [0.25, 0.3) is 0 Å². The highest BCUT2D eigenvalue weighted by atomic mass is 19.4. The summed E-state index contributed by atoms with van der Waals surface area (Å²) in [6.07, 6.45) is 1.34. The van der Waals surface area contributed by atoms with Gasteiger partial charge in [0.15, 0.2) is 0 Å². The van der Waals surface area contributed by atoms with Crippen LogP contribution in [0.1, 0.15) is 55.2 Å². The quantitative estimate of drug-likeness (QED) is 0.841. The molecule has 146 valence electrons. The van der Waals surface area contributed by atoms with Crippen molar-refractivity contribution in [2.24, 2.45) is 11.3 Å². The molecule has 1 saturated heterocycles. The lowest BCUT2D eigenvalue weighted by molar-refractivity contribution is -0.138. The van der Waals surface area contributed by atoms with E-state index in [1.54, 1.807) is 6.07 Å². The topological polar surface area (TPSA) is 64.9 Å². The highest BCUT2D eigenvalue weighted by molar-refractivity contribution is 5.78. The molecule has 1 amide bonds. The Balaban J connectivity index is 1.59. The van der Waals surface area contributed by atoms with Crippen LogP contribution in [0.5, 0.6) is 0 Å². The fourth-order valence-corrected chi connectivity index (χ4v) is 4.34. The van der Waals surface area contributed by atoms with E-state index >= 15 is 0 Å². The number of benzene rings is 1. The second kappa shape index (κ2) is 7.89. The molecule has 1 aromatic carbocycles. The number of carbonyl (C=O) groups excluding carboxylic acids is 1. The fraction of sp³-hybridized carbons (Fsp3) is 0.600. The second-order valence-corrected chi connectivity index (χ2v) is 7.72. The van der Waals surface area contributed by atoms with Crippen LogP contribution in [-0.4, -0.2) is 19.0 Å². The Morgan fingerprint density at radius 1 is 1.22 bits per heavy atom. The largest absolute Gasteiger partial charge is 0.416 e. The molecule has 2 fully saturated rings. The van der Waals surface area contributed by atoms with Crippen LogP contribution in [0.3, 0.4) is 0 Å². The van der Waals surface area contributed by atoms with Gasteiger partial charge in [-0.15, -0.1) is 0 Å². The maximum absolute atomic E-state index is 13.2. The number of nitrogens with zero attached hydrogens (tertiary/aromatic N) is 1. The summed E-state index contributed by atoms with van der Waals surface area (Å²) in [5.41, 5.74) is -0.574. The number of piperidine rings is 1. The summed E-state index contributed by atoms with van der Waals surface area (Å²) in [6, 6.07) is 5.17. The number of hydrogen-bond acceptors (Lipinski definition) is 3. The summed E-state index contributed by atoms with van der Waals surface area (Å²) in [6.45, 7) is 1.87. The average molecular weight is 379 g/mol. The van der Waals surface area contributed by atoms with Gasteiger partial charge in [0.1, 0.15) is 0 Å². The predicted molar refractivity (Wildman–Crippen MR) is 94.5 cm³/mol. The van der Waals surface area contributed by atoms with Crippen LogP contribution < -0.4 is 10.6 Å². The highest BCUT2D eigenvalue weighted by Crippen LogP contribution is 2.45. The second-order valence-electron chi connectivity index (χ2n) is 7.72. The summed E-state index contributed by atoms with van der Waals surface area (Å²) >= 11 is 0. The Morgan fingerprint density at radius 3 is 2.48 bits per heavy atom. The molecule has 0 atom stereocenters. The van der Waals surface area contributed by atoms with Crippen molar-refractivity contribution in [1.82, 2.24) is 10.6 Å². The summed E-state index contributed by atoms with van der Waals surface area (Å²) in [5, 5.41) is 14.9. The summed E-state index contributed by atoms with van der Waals surface area (Å²) in [5.74, 6) is -0.297. The number of rotatable bonds is 3. The Morgan fingerprint density at radius 2 is 1.89 bits per heavy atom. The minimum atomic E-state index is -4.56. The van der Waals surface area contributed by atoms with E-state index in [9.17, 15) is 18.0 Å². The van der Waals surface area contributed by atoms with Gasteiger partial charge in [-0.1, -0.05) is 6.07 Å². The zero-order valence-corrected chi connectivity index (χ0v) is 15.2. The third-order valence-electron chi connectivity index (χ3n) is 6.08. The van der Waals surface area contributed by atoms with Gasteiger partial charge < -0.3 is 10.6 Å². The van der Waals surface area contributed by atoms with Crippen molar-refractivity contribution in [3.8, 4) is 6.07 Å². The van der Waals surface area contributed by atoms with Crippen LogP contribution >= 0.6 is 0 Å². The minimum Gasteiger partial charge on any atom is -0.352 e. The number of hydrogen-bond donors (Lipinski definition) is 2. The summed E-state index contributed by atoms with van der Waals surface area (Å²) in [4.78, 5) is 12.5. The van der Waals surface area contributed by atoms with E-state index < -0.39 is 11.7 Å². The maximum Gasteiger partial charge on any atom is 0.416 e. The standard InChI is InChI=1S/C20H24F3N3O/c21-20(22,23)17-11-14(12-24)1-2-16(17)13-26-18(27)15-3-5-19(6-4-15)7-9-25-10-8-19/h1-2,11,15,25H,3-10,13H2,(H,26,27). The molecule has 1 aromatic rings. The van der Waals surface area contributed by atoms with Gasteiger partial charge in [0.05, 0.1) is 17.2 Å². The van der Waals surface area contributed by atoms with Gasteiger partial charge in [0.2, 0.25) is 5.91 Å². The van der Waals surface area contributed by atoms with Crippen LogP contribution in [0.15, 0.2) is 18.2 Å². The molecule has 3 rings (SSSR count). The zero-order valence-electron chi connectivity index (χ0n) is 15.2. The van der Waals surface area contributed by atoms with E-state index in [2.05, 4.69) is 10.6 Å². The van der Waals surface area contributed by atoms with Crippen molar-refractivity contribution in [3.05, 3.63) is 34.9 Å². The lowest BCUT2D eigenvalue weighted by atomic mass is 9.65. The summed E-state index contributed by atoms with van der Waals surface area (Å²) < 4.78 is 39.7. The lowest BCUT2D eigenvalue weighted by Crippen LogP contribution is -2.41. The number of halogens is 3. The fourth-order valence-electron chi connectivity index (χ4n) is 4.34. The van der Waals surface area contributed by atoms with Crippen molar-refractivity contribution in [3.63, 3.8) is 0 Å². The lowest BCUT2D eigenvalue weighted by Gasteiger charge is -2.42. The molecule has 1 heterocycles. The first-order valence-corrected chi connectivity index (χ1v) is 9.42. The molecule has 0 aromatic heterocycles. The molecular formula is C20H24F3N3O. The van der Waals surface area contributed by atoms with Gasteiger partial charge in [0.25, 0.3) is 0 Å². The average Bonchev–Trinajstić information content (AvgIpc) is 2.66. The SMILES string of the molecule is N#Cc1ccc(CNC(=O)C2CCC3(CCNCC3)CC2)c(C(F)(F)F)c1. The Hall–Kier alpha value is -2.07. The van der Waals surface area contributed by atoms with E-state index in [0.717, 1.165) is 57.7 Å². The zero-order chi connectivity index (χ0) is 19.5.